The quantitative estimate of drug-likeness (QED) is 0.471. The van der Waals surface area contributed by atoms with Crippen LogP contribution in [0.15, 0.2) is 47.7 Å². The first-order valence-electron chi connectivity index (χ1n) is 13.0. The zero-order valence-electron chi connectivity index (χ0n) is 21.5. The monoisotopic (exact) mass is 484 g/mol. The summed E-state index contributed by atoms with van der Waals surface area (Å²) >= 11 is 0. The number of hydrogen-bond donors (Lipinski definition) is 4. The fourth-order valence-corrected chi connectivity index (χ4v) is 7.03. The number of halogens is 1. The molecule has 6 heteroatoms. The van der Waals surface area contributed by atoms with Gasteiger partial charge in [0.1, 0.15) is 11.8 Å². The van der Waals surface area contributed by atoms with Crippen LogP contribution in [-0.2, 0) is 0 Å². The van der Waals surface area contributed by atoms with E-state index in [-0.39, 0.29) is 23.7 Å². The second-order valence-electron chi connectivity index (χ2n) is 11.2. The Balaban J connectivity index is 0.000000917. The Kier molecular flexibility index (Phi) is 7.41. The van der Waals surface area contributed by atoms with Gasteiger partial charge in [-0.3, -0.25) is 4.98 Å². The van der Waals surface area contributed by atoms with E-state index in [1.165, 1.54) is 5.57 Å². The molecule has 1 aromatic rings. The molecule has 5 rings (SSSR count). The van der Waals surface area contributed by atoms with Gasteiger partial charge in [-0.05, 0) is 88.2 Å². The second-order valence-corrected chi connectivity index (χ2v) is 11.2. The summed E-state index contributed by atoms with van der Waals surface area (Å²) in [5.74, 6) is -0.432. The zero-order chi connectivity index (χ0) is 25.4. The number of aryl methyl sites for hydroxylation is 1. The minimum Gasteiger partial charge on any atom is -0.393 e. The van der Waals surface area contributed by atoms with Gasteiger partial charge in [0.25, 0.3) is 0 Å². The maximum Gasteiger partial charge on any atom is 0.145 e. The number of rotatable bonds is 2. The molecule has 4 N–H and O–H groups in total. The van der Waals surface area contributed by atoms with Gasteiger partial charge in [0.05, 0.1) is 11.7 Å². The van der Waals surface area contributed by atoms with Crippen LogP contribution in [0.1, 0.15) is 63.1 Å². The molecule has 35 heavy (non-hydrogen) atoms. The van der Waals surface area contributed by atoms with Gasteiger partial charge < -0.3 is 20.6 Å². The molecule has 1 aromatic heterocycles. The molecule has 4 aliphatic carbocycles. The Morgan fingerprint density at radius 1 is 1.14 bits per heavy atom. The van der Waals surface area contributed by atoms with E-state index < -0.39 is 23.5 Å². The molecular formula is C29H41FN2O3. The summed E-state index contributed by atoms with van der Waals surface area (Å²) in [6.07, 6.45) is 11.4. The minimum atomic E-state index is -1.87. The van der Waals surface area contributed by atoms with Gasteiger partial charge in [0.15, 0.2) is 0 Å². The molecule has 0 spiro atoms. The van der Waals surface area contributed by atoms with Gasteiger partial charge in [0.2, 0.25) is 0 Å². The summed E-state index contributed by atoms with van der Waals surface area (Å²) in [6, 6.07) is 3.97. The van der Waals surface area contributed by atoms with Crippen molar-refractivity contribution < 1.29 is 19.7 Å². The fraction of sp³-hybridized carbons (Fsp3) is 0.621. The summed E-state index contributed by atoms with van der Waals surface area (Å²) in [7, 11) is 3.75. The molecule has 1 heterocycles. The van der Waals surface area contributed by atoms with Crippen molar-refractivity contribution in [3.63, 3.8) is 0 Å². The van der Waals surface area contributed by atoms with Crippen LogP contribution in [0.2, 0.25) is 0 Å². The number of aliphatic hydroxyl groups excluding tert-OH is 2. The van der Waals surface area contributed by atoms with Crippen molar-refractivity contribution in [2.45, 2.75) is 82.3 Å². The third-order valence-corrected chi connectivity index (χ3v) is 9.01. The van der Waals surface area contributed by atoms with Crippen LogP contribution in [0.3, 0.4) is 0 Å². The molecular weight excluding hydrogens is 443 g/mol. The number of aromatic nitrogens is 1. The van der Waals surface area contributed by atoms with Gasteiger partial charge in [0, 0.05) is 29.6 Å². The third-order valence-electron chi connectivity index (χ3n) is 9.01. The Bertz CT molecular complexity index is 1020. The van der Waals surface area contributed by atoms with E-state index in [0.29, 0.717) is 44.1 Å². The molecule has 0 aromatic carbocycles. The van der Waals surface area contributed by atoms with Crippen molar-refractivity contribution in [1.82, 2.24) is 10.3 Å². The lowest BCUT2D eigenvalue weighted by Gasteiger charge is -2.50. The van der Waals surface area contributed by atoms with Crippen molar-refractivity contribution >= 4 is 6.08 Å². The Morgan fingerprint density at radius 2 is 1.89 bits per heavy atom. The number of nitrogens with one attached hydrogen (secondary N) is 1. The predicted molar refractivity (Wildman–Crippen MR) is 137 cm³/mol. The summed E-state index contributed by atoms with van der Waals surface area (Å²) in [5.41, 5.74) is 0.287. The lowest BCUT2D eigenvalue weighted by molar-refractivity contribution is -0.0968. The van der Waals surface area contributed by atoms with Crippen LogP contribution < -0.4 is 5.32 Å². The van der Waals surface area contributed by atoms with E-state index in [0.717, 1.165) is 11.3 Å². The predicted octanol–water partition coefficient (Wildman–Crippen LogP) is 4.28. The number of allylic oxidation sites excluding steroid dienone is 4. The lowest BCUT2D eigenvalue weighted by Crippen LogP contribution is -2.55. The summed E-state index contributed by atoms with van der Waals surface area (Å²) in [6.45, 7) is 4.17. The molecule has 4 aliphatic rings. The molecule has 6 unspecified atom stereocenters. The van der Waals surface area contributed by atoms with Crippen molar-refractivity contribution in [2.75, 3.05) is 14.1 Å². The average molecular weight is 485 g/mol. The maximum atomic E-state index is 16.1. The number of nitrogens with zero attached hydrogens (tertiary/aromatic N) is 1. The molecule has 192 valence electrons. The Morgan fingerprint density at radius 3 is 2.60 bits per heavy atom. The van der Waals surface area contributed by atoms with Gasteiger partial charge >= 0.3 is 0 Å². The van der Waals surface area contributed by atoms with E-state index >= 15 is 4.39 Å². The van der Waals surface area contributed by atoms with E-state index in [4.69, 9.17) is 0 Å². The van der Waals surface area contributed by atoms with Crippen LogP contribution in [0.4, 0.5) is 4.39 Å². The largest absolute Gasteiger partial charge is 0.393 e. The fourth-order valence-electron chi connectivity index (χ4n) is 7.03. The highest BCUT2D eigenvalue weighted by Crippen LogP contribution is 2.61. The van der Waals surface area contributed by atoms with Crippen molar-refractivity contribution in [1.29, 1.82) is 0 Å². The number of hydrogen-bond acceptors (Lipinski definition) is 5. The van der Waals surface area contributed by atoms with Gasteiger partial charge in [-0.2, -0.15) is 0 Å². The van der Waals surface area contributed by atoms with Crippen LogP contribution >= 0.6 is 0 Å². The maximum absolute atomic E-state index is 16.1. The number of pyridine rings is 1. The first-order chi connectivity index (χ1) is 16.6. The molecule has 0 saturated heterocycles. The SMILES string of the molecule is CNC.Cc1ncccc1/C=C/C1=CCC2C1(C)CC=C1C(O)C3(F)CC(O)CCC3CC[C@@]12O. The first-order valence-corrected chi connectivity index (χ1v) is 13.0. The summed E-state index contributed by atoms with van der Waals surface area (Å²) < 4.78 is 16.1. The van der Waals surface area contributed by atoms with E-state index in [9.17, 15) is 15.3 Å². The summed E-state index contributed by atoms with van der Waals surface area (Å²) in [4.78, 5) is 4.35. The van der Waals surface area contributed by atoms with Crippen LogP contribution in [0.25, 0.3) is 6.08 Å². The van der Waals surface area contributed by atoms with Crippen molar-refractivity contribution in [2.24, 2.45) is 17.3 Å². The van der Waals surface area contributed by atoms with E-state index in [1.807, 2.05) is 39.2 Å². The van der Waals surface area contributed by atoms with Crippen LogP contribution in [0.5, 0.6) is 0 Å². The van der Waals surface area contributed by atoms with Gasteiger partial charge in [-0.25, -0.2) is 4.39 Å². The molecule has 7 atom stereocenters. The molecule has 5 nitrogen and oxygen atoms in total. The molecule has 2 fully saturated rings. The van der Waals surface area contributed by atoms with Gasteiger partial charge in [-0.1, -0.05) is 37.3 Å². The number of fused-ring (bicyclic) bond motifs is 4. The van der Waals surface area contributed by atoms with Crippen LogP contribution in [0, 0.1) is 24.2 Å². The third kappa shape index (κ3) is 4.43. The average Bonchev–Trinajstić information content (AvgIpc) is 3.12. The standard InChI is InChI=1S/C27H34FNO3.C2H7N/c1-17-18(4-3-15-29-17)5-6-19-8-10-23-25(19,2)13-12-22-24(31)26(28)16-21(30)9-7-20(26)11-14-27(22,23)32;1-3-2/h3-6,8,12,15,20-21,23-24,30-32H,7,9-11,13-14,16H2,1-2H3;3H,1-2H3/b6-5+;/t20?,21?,23?,24?,25?,26?,27-;/m1./s1. The number of aliphatic hydroxyl groups is 3. The lowest BCUT2D eigenvalue weighted by atomic mass is 9.58. The topological polar surface area (TPSA) is 85.6 Å². The van der Waals surface area contributed by atoms with Crippen molar-refractivity contribution in [3.05, 3.63) is 59.0 Å². The Hall–Kier alpha value is -1.86. The summed E-state index contributed by atoms with van der Waals surface area (Å²) in [5, 5.41) is 36.1. The molecule has 0 radical (unpaired) electrons. The highest BCUT2D eigenvalue weighted by molar-refractivity contribution is 5.57. The smallest absolute Gasteiger partial charge is 0.145 e. The minimum absolute atomic E-state index is 0.0507. The second kappa shape index (κ2) is 9.89. The van der Waals surface area contributed by atoms with Crippen molar-refractivity contribution in [3.8, 4) is 0 Å². The van der Waals surface area contributed by atoms with E-state index in [1.54, 1.807) is 6.20 Å². The number of alkyl halides is 1. The Labute approximate surface area is 208 Å². The molecule has 0 amide bonds. The zero-order valence-corrected chi connectivity index (χ0v) is 21.5. The van der Waals surface area contributed by atoms with Gasteiger partial charge in [-0.15, -0.1) is 0 Å². The highest BCUT2D eigenvalue weighted by atomic mass is 19.1. The first kappa shape index (κ1) is 26.2. The van der Waals surface area contributed by atoms with Crippen LogP contribution in [-0.4, -0.2) is 57.9 Å². The molecule has 0 bridgehead atoms. The molecule has 0 aliphatic heterocycles. The molecule has 2 saturated carbocycles. The normalized spacial score (nSPS) is 40.5. The van der Waals surface area contributed by atoms with E-state index in [2.05, 4.69) is 35.5 Å². The highest BCUT2D eigenvalue weighted by Gasteiger charge is 2.62.